The minimum Gasteiger partial charge on any atom is -0.349 e. The number of hydrogen-bond donors (Lipinski definition) is 1. The minimum absolute atomic E-state index is 0.0437. The van der Waals surface area contributed by atoms with Crippen LogP contribution in [0.4, 0.5) is 4.79 Å². The van der Waals surface area contributed by atoms with Gasteiger partial charge in [0, 0.05) is 25.3 Å². The summed E-state index contributed by atoms with van der Waals surface area (Å²) < 4.78 is 0. The molecule has 1 N–H and O–H groups in total. The number of benzene rings is 1. The maximum Gasteiger partial charge on any atom is 0.281 e. The Hall–Kier alpha value is -1.49. The molecule has 1 aromatic carbocycles. The molecule has 2 aliphatic rings. The summed E-state index contributed by atoms with van der Waals surface area (Å²) in [5.41, 5.74) is 2.42. The SMILES string of the molecule is Cc1ccc([C@H](NC(=O)CCN2CCSC2=O)C2CC2)cc1. The van der Waals surface area contributed by atoms with Crippen LogP contribution in [0.3, 0.4) is 0 Å². The molecular weight excluding hydrogens is 296 g/mol. The van der Waals surface area contributed by atoms with Crippen molar-refractivity contribution < 1.29 is 9.59 Å². The average molecular weight is 318 g/mol. The van der Waals surface area contributed by atoms with Gasteiger partial charge in [0.15, 0.2) is 0 Å². The van der Waals surface area contributed by atoms with E-state index < -0.39 is 0 Å². The van der Waals surface area contributed by atoms with Crippen LogP contribution in [0.2, 0.25) is 0 Å². The zero-order valence-electron chi connectivity index (χ0n) is 12.9. The van der Waals surface area contributed by atoms with Crippen LogP contribution >= 0.6 is 11.8 Å². The highest BCUT2D eigenvalue weighted by Crippen LogP contribution is 2.41. The topological polar surface area (TPSA) is 49.4 Å². The van der Waals surface area contributed by atoms with Crippen molar-refractivity contribution in [2.75, 3.05) is 18.8 Å². The summed E-state index contributed by atoms with van der Waals surface area (Å²) in [6.45, 7) is 3.36. The number of carbonyl (C=O) groups excluding carboxylic acids is 2. The first-order valence-electron chi connectivity index (χ1n) is 7.91. The maximum absolute atomic E-state index is 12.2. The van der Waals surface area contributed by atoms with Gasteiger partial charge in [-0.25, -0.2) is 0 Å². The van der Waals surface area contributed by atoms with Crippen molar-refractivity contribution >= 4 is 22.9 Å². The second-order valence-electron chi connectivity index (χ2n) is 6.14. The lowest BCUT2D eigenvalue weighted by molar-refractivity contribution is -0.122. The number of nitrogens with zero attached hydrogens (tertiary/aromatic N) is 1. The van der Waals surface area contributed by atoms with Crippen LogP contribution < -0.4 is 5.32 Å². The normalized spacial score (nSPS) is 19.3. The Bertz CT molecular complexity index is 554. The van der Waals surface area contributed by atoms with Crippen LogP contribution in [0.5, 0.6) is 0 Å². The molecule has 3 rings (SSSR count). The third kappa shape index (κ3) is 3.83. The Kier molecular flexibility index (Phi) is 4.71. The zero-order chi connectivity index (χ0) is 15.5. The van der Waals surface area contributed by atoms with Gasteiger partial charge in [-0.15, -0.1) is 0 Å². The molecule has 0 bridgehead atoms. The van der Waals surface area contributed by atoms with E-state index in [1.165, 1.54) is 35.7 Å². The molecule has 0 radical (unpaired) electrons. The second-order valence-corrected chi connectivity index (χ2v) is 7.19. The summed E-state index contributed by atoms with van der Waals surface area (Å²) in [7, 11) is 0. The summed E-state index contributed by atoms with van der Waals surface area (Å²) in [4.78, 5) is 25.5. The molecule has 1 saturated heterocycles. The molecular formula is C17H22N2O2S. The third-order valence-corrected chi connectivity index (χ3v) is 5.19. The zero-order valence-corrected chi connectivity index (χ0v) is 13.7. The fourth-order valence-electron chi connectivity index (χ4n) is 2.79. The monoisotopic (exact) mass is 318 g/mol. The van der Waals surface area contributed by atoms with E-state index in [1.807, 2.05) is 0 Å². The van der Waals surface area contributed by atoms with E-state index >= 15 is 0 Å². The lowest BCUT2D eigenvalue weighted by Gasteiger charge is -2.20. The van der Waals surface area contributed by atoms with E-state index in [4.69, 9.17) is 0 Å². The van der Waals surface area contributed by atoms with Gasteiger partial charge in [0.2, 0.25) is 5.91 Å². The highest BCUT2D eigenvalue weighted by molar-refractivity contribution is 8.13. The molecule has 1 saturated carbocycles. The van der Waals surface area contributed by atoms with E-state index in [0.29, 0.717) is 18.9 Å². The van der Waals surface area contributed by atoms with Gasteiger partial charge in [-0.3, -0.25) is 9.59 Å². The first-order chi connectivity index (χ1) is 10.6. The molecule has 118 valence electrons. The van der Waals surface area contributed by atoms with Gasteiger partial charge in [-0.1, -0.05) is 41.6 Å². The van der Waals surface area contributed by atoms with Crippen molar-refractivity contribution in [1.29, 1.82) is 0 Å². The third-order valence-electron chi connectivity index (χ3n) is 4.30. The molecule has 22 heavy (non-hydrogen) atoms. The molecule has 1 aliphatic heterocycles. The molecule has 1 aromatic rings. The quantitative estimate of drug-likeness (QED) is 0.877. The number of rotatable bonds is 6. The molecule has 2 fully saturated rings. The van der Waals surface area contributed by atoms with Crippen molar-refractivity contribution in [3.05, 3.63) is 35.4 Å². The van der Waals surface area contributed by atoms with Crippen LogP contribution in [-0.4, -0.2) is 34.9 Å². The summed E-state index contributed by atoms with van der Waals surface area (Å²) in [6, 6.07) is 8.53. The molecule has 5 heteroatoms. The Morgan fingerprint density at radius 1 is 1.36 bits per heavy atom. The summed E-state index contributed by atoms with van der Waals surface area (Å²) >= 11 is 1.34. The maximum atomic E-state index is 12.2. The van der Waals surface area contributed by atoms with Gasteiger partial charge in [0.05, 0.1) is 6.04 Å². The molecule has 2 amide bonds. The molecule has 4 nitrogen and oxygen atoms in total. The highest BCUT2D eigenvalue weighted by Gasteiger charge is 2.33. The average Bonchev–Trinajstić information content (AvgIpc) is 3.26. The lowest BCUT2D eigenvalue weighted by atomic mass is 10.0. The van der Waals surface area contributed by atoms with Crippen molar-refractivity contribution in [1.82, 2.24) is 10.2 Å². The molecule has 1 atom stereocenters. The van der Waals surface area contributed by atoms with E-state index in [2.05, 4.69) is 36.5 Å². The number of hydrogen-bond acceptors (Lipinski definition) is 3. The first-order valence-corrected chi connectivity index (χ1v) is 8.89. The van der Waals surface area contributed by atoms with E-state index in [-0.39, 0.29) is 17.2 Å². The standard InChI is InChI=1S/C17H22N2O2S/c1-12-2-4-13(5-3-12)16(14-6-7-14)18-15(20)8-9-19-10-11-22-17(19)21/h2-5,14,16H,6-11H2,1H3,(H,18,20)/t16-/m0/s1. The Balaban J connectivity index is 1.55. The molecule has 0 aromatic heterocycles. The van der Waals surface area contributed by atoms with Gasteiger partial charge in [-0.05, 0) is 31.2 Å². The van der Waals surface area contributed by atoms with Crippen molar-refractivity contribution in [2.24, 2.45) is 5.92 Å². The van der Waals surface area contributed by atoms with Crippen LogP contribution in [0.1, 0.15) is 36.4 Å². The van der Waals surface area contributed by atoms with Crippen molar-refractivity contribution in [3.63, 3.8) is 0 Å². The largest absolute Gasteiger partial charge is 0.349 e. The smallest absolute Gasteiger partial charge is 0.281 e. The predicted molar refractivity (Wildman–Crippen MR) is 88.8 cm³/mol. The molecule has 0 unspecified atom stereocenters. The minimum atomic E-state index is 0.0437. The van der Waals surface area contributed by atoms with Gasteiger partial charge in [-0.2, -0.15) is 0 Å². The van der Waals surface area contributed by atoms with E-state index in [0.717, 1.165) is 12.3 Å². The summed E-state index contributed by atoms with van der Waals surface area (Å²) in [6.07, 6.45) is 2.75. The second kappa shape index (κ2) is 6.73. The van der Waals surface area contributed by atoms with Crippen LogP contribution in [0.15, 0.2) is 24.3 Å². The van der Waals surface area contributed by atoms with Crippen LogP contribution in [0, 0.1) is 12.8 Å². The Morgan fingerprint density at radius 3 is 2.68 bits per heavy atom. The van der Waals surface area contributed by atoms with Gasteiger partial charge in [0.25, 0.3) is 5.24 Å². The van der Waals surface area contributed by atoms with Gasteiger partial charge in [0.1, 0.15) is 0 Å². The molecule has 1 heterocycles. The first kappa shape index (κ1) is 15.4. The number of thioether (sulfide) groups is 1. The fraction of sp³-hybridized carbons (Fsp3) is 0.529. The number of carbonyl (C=O) groups is 2. The van der Waals surface area contributed by atoms with E-state index in [9.17, 15) is 9.59 Å². The summed E-state index contributed by atoms with van der Waals surface area (Å²) in [5.74, 6) is 1.45. The van der Waals surface area contributed by atoms with Crippen molar-refractivity contribution in [3.8, 4) is 0 Å². The van der Waals surface area contributed by atoms with Gasteiger partial charge < -0.3 is 10.2 Å². The van der Waals surface area contributed by atoms with E-state index in [1.54, 1.807) is 4.90 Å². The molecule has 1 aliphatic carbocycles. The highest BCUT2D eigenvalue weighted by atomic mass is 32.2. The Labute approximate surface area is 135 Å². The number of nitrogens with one attached hydrogen (secondary N) is 1. The number of aryl methyl sites for hydroxylation is 1. The fourth-order valence-corrected chi connectivity index (χ4v) is 3.64. The van der Waals surface area contributed by atoms with Crippen LogP contribution in [-0.2, 0) is 4.79 Å². The van der Waals surface area contributed by atoms with Crippen molar-refractivity contribution in [2.45, 2.75) is 32.2 Å². The Morgan fingerprint density at radius 2 is 2.09 bits per heavy atom. The lowest BCUT2D eigenvalue weighted by Crippen LogP contribution is -2.33. The number of amides is 2. The molecule has 0 spiro atoms. The van der Waals surface area contributed by atoms with Crippen LogP contribution in [0.25, 0.3) is 0 Å². The predicted octanol–water partition coefficient (Wildman–Crippen LogP) is 3.12. The summed E-state index contributed by atoms with van der Waals surface area (Å²) in [5, 5.41) is 3.27. The van der Waals surface area contributed by atoms with Gasteiger partial charge >= 0.3 is 0 Å².